The molecular weight excluding hydrogens is 237 g/mol. The molecule has 0 aliphatic rings. The van der Waals surface area contributed by atoms with E-state index < -0.39 is 0 Å². The molecule has 0 amide bonds. The van der Waals surface area contributed by atoms with E-state index >= 15 is 0 Å². The zero-order valence-corrected chi connectivity index (χ0v) is 8.90. The minimum absolute atomic E-state index is 0.213. The van der Waals surface area contributed by atoms with E-state index in [2.05, 4.69) is 20.8 Å². The van der Waals surface area contributed by atoms with Crippen molar-refractivity contribution in [1.29, 1.82) is 0 Å². The van der Waals surface area contributed by atoms with Crippen LogP contribution in [0.25, 0.3) is 0 Å². The Labute approximate surface area is 85.0 Å². The maximum absolute atomic E-state index is 13.3. The molecule has 0 spiro atoms. The van der Waals surface area contributed by atoms with E-state index in [1.165, 1.54) is 0 Å². The summed E-state index contributed by atoms with van der Waals surface area (Å²) in [6, 6.07) is 3.60. The first kappa shape index (κ1) is 10.6. The Morgan fingerprint density at radius 2 is 2.23 bits per heavy atom. The zero-order valence-electron chi connectivity index (χ0n) is 7.31. The van der Waals surface area contributed by atoms with Crippen LogP contribution in [0.2, 0.25) is 0 Å². The van der Waals surface area contributed by atoms with E-state index in [0.29, 0.717) is 23.1 Å². The van der Waals surface area contributed by atoms with E-state index in [9.17, 15) is 4.39 Å². The second kappa shape index (κ2) is 4.69. The normalized spacial score (nSPS) is 10.5. The fourth-order valence-electron chi connectivity index (χ4n) is 1.05. The highest BCUT2D eigenvalue weighted by atomic mass is 79.9. The van der Waals surface area contributed by atoms with Crippen molar-refractivity contribution in [2.24, 2.45) is 5.90 Å². The number of rotatable bonds is 3. The van der Waals surface area contributed by atoms with E-state index in [-0.39, 0.29) is 5.82 Å². The van der Waals surface area contributed by atoms with Crippen molar-refractivity contribution in [1.82, 2.24) is 0 Å². The van der Waals surface area contributed by atoms with Crippen LogP contribution in [0.5, 0.6) is 0 Å². The Morgan fingerprint density at radius 1 is 1.54 bits per heavy atom. The number of hydrogen-bond donors (Lipinski definition) is 1. The molecule has 1 aromatic carbocycles. The third-order valence-electron chi connectivity index (χ3n) is 1.84. The summed E-state index contributed by atoms with van der Waals surface area (Å²) in [5, 5.41) is 0. The van der Waals surface area contributed by atoms with Crippen molar-refractivity contribution < 1.29 is 9.23 Å². The SMILES string of the molecule is Cc1ccc(CCON)c(Br)c1F. The van der Waals surface area contributed by atoms with Crippen LogP contribution >= 0.6 is 15.9 Å². The molecule has 4 heteroatoms. The summed E-state index contributed by atoms with van der Waals surface area (Å²) in [7, 11) is 0. The topological polar surface area (TPSA) is 35.2 Å². The van der Waals surface area contributed by atoms with Gasteiger partial charge in [-0.25, -0.2) is 10.3 Å². The lowest BCUT2D eigenvalue weighted by atomic mass is 10.1. The zero-order chi connectivity index (χ0) is 9.84. The third kappa shape index (κ3) is 2.49. The number of aryl methyl sites for hydroxylation is 1. The standard InChI is InChI=1S/C9H11BrFNO/c1-6-2-3-7(4-5-13-12)8(10)9(6)11/h2-3H,4-5,12H2,1H3. The molecule has 0 aliphatic carbocycles. The highest BCUT2D eigenvalue weighted by Gasteiger charge is 2.07. The lowest BCUT2D eigenvalue weighted by molar-refractivity contribution is 0.141. The van der Waals surface area contributed by atoms with Gasteiger partial charge in [0.1, 0.15) is 5.82 Å². The van der Waals surface area contributed by atoms with Gasteiger partial charge in [0.2, 0.25) is 0 Å². The molecule has 0 saturated heterocycles. The molecule has 1 aromatic rings. The number of halogens is 2. The fraction of sp³-hybridized carbons (Fsp3) is 0.333. The van der Waals surface area contributed by atoms with Gasteiger partial charge in [-0.1, -0.05) is 12.1 Å². The van der Waals surface area contributed by atoms with Gasteiger partial charge in [-0.15, -0.1) is 0 Å². The Balaban J connectivity index is 2.90. The van der Waals surface area contributed by atoms with Crippen LogP contribution in [0.4, 0.5) is 4.39 Å². The quantitative estimate of drug-likeness (QED) is 0.833. The molecule has 2 nitrogen and oxygen atoms in total. The van der Waals surface area contributed by atoms with Gasteiger partial charge < -0.3 is 4.84 Å². The van der Waals surface area contributed by atoms with E-state index in [0.717, 1.165) is 5.56 Å². The summed E-state index contributed by atoms with van der Waals surface area (Å²) in [6.07, 6.45) is 0.605. The van der Waals surface area contributed by atoms with Gasteiger partial charge in [-0.05, 0) is 40.4 Å². The largest absolute Gasteiger partial charge is 0.304 e. The van der Waals surface area contributed by atoms with Crippen molar-refractivity contribution in [3.8, 4) is 0 Å². The van der Waals surface area contributed by atoms with Crippen LogP contribution in [0.1, 0.15) is 11.1 Å². The van der Waals surface area contributed by atoms with Gasteiger partial charge in [-0.3, -0.25) is 0 Å². The second-order valence-electron chi connectivity index (χ2n) is 2.79. The minimum Gasteiger partial charge on any atom is -0.304 e. The molecule has 13 heavy (non-hydrogen) atoms. The van der Waals surface area contributed by atoms with Gasteiger partial charge in [-0.2, -0.15) is 0 Å². The Morgan fingerprint density at radius 3 is 2.85 bits per heavy atom. The molecular formula is C9H11BrFNO. The van der Waals surface area contributed by atoms with Crippen LogP contribution < -0.4 is 5.90 Å². The molecule has 0 unspecified atom stereocenters. The summed E-state index contributed by atoms with van der Waals surface area (Å²) in [5.41, 5.74) is 1.50. The molecule has 0 saturated carbocycles. The van der Waals surface area contributed by atoms with Gasteiger partial charge in [0.05, 0.1) is 11.1 Å². The fourth-order valence-corrected chi connectivity index (χ4v) is 1.69. The average molecular weight is 248 g/mol. The molecule has 0 aromatic heterocycles. The Bertz CT molecular complexity index is 304. The molecule has 0 atom stereocenters. The number of hydrogen-bond acceptors (Lipinski definition) is 2. The average Bonchev–Trinajstić information content (AvgIpc) is 2.13. The van der Waals surface area contributed by atoms with E-state index in [1.54, 1.807) is 13.0 Å². The summed E-state index contributed by atoms with van der Waals surface area (Å²) < 4.78 is 13.8. The van der Waals surface area contributed by atoms with E-state index in [1.807, 2.05) is 6.07 Å². The van der Waals surface area contributed by atoms with Crippen LogP contribution in [0.3, 0.4) is 0 Å². The van der Waals surface area contributed by atoms with Crippen LogP contribution in [0, 0.1) is 12.7 Å². The van der Waals surface area contributed by atoms with Crippen LogP contribution in [0.15, 0.2) is 16.6 Å². The first-order valence-electron chi connectivity index (χ1n) is 3.92. The number of benzene rings is 1. The minimum atomic E-state index is -0.213. The highest BCUT2D eigenvalue weighted by Crippen LogP contribution is 2.23. The Hall–Kier alpha value is -0.450. The van der Waals surface area contributed by atoms with Crippen molar-refractivity contribution in [2.75, 3.05) is 6.61 Å². The number of nitrogens with two attached hydrogens (primary N) is 1. The summed E-state index contributed by atoms with van der Waals surface area (Å²) in [5.74, 6) is 4.67. The van der Waals surface area contributed by atoms with Crippen molar-refractivity contribution in [3.63, 3.8) is 0 Å². The van der Waals surface area contributed by atoms with Crippen LogP contribution in [-0.2, 0) is 11.3 Å². The summed E-state index contributed by atoms with van der Waals surface area (Å²) in [4.78, 5) is 4.43. The first-order valence-corrected chi connectivity index (χ1v) is 4.71. The van der Waals surface area contributed by atoms with Crippen molar-refractivity contribution in [3.05, 3.63) is 33.5 Å². The van der Waals surface area contributed by atoms with Gasteiger partial charge in [0, 0.05) is 0 Å². The maximum atomic E-state index is 13.3. The Kier molecular flexibility index (Phi) is 3.84. The first-order chi connectivity index (χ1) is 6.16. The molecule has 0 radical (unpaired) electrons. The molecule has 0 fully saturated rings. The second-order valence-corrected chi connectivity index (χ2v) is 3.58. The summed E-state index contributed by atoms with van der Waals surface area (Å²) >= 11 is 3.19. The van der Waals surface area contributed by atoms with Crippen molar-refractivity contribution in [2.45, 2.75) is 13.3 Å². The maximum Gasteiger partial charge on any atom is 0.140 e. The lowest BCUT2D eigenvalue weighted by Gasteiger charge is -2.06. The smallest absolute Gasteiger partial charge is 0.140 e. The molecule has 72 valence electrons. The van der Waals surface area contributed by atoms with Crippen LogP contribution in [-0.4, -0.2) is 6.61 Å². The molecule has 0 heterocycles. The summed E-state index contributed by atoms with van der Waals surface area (Å²) in [6.45, 7) is 2.12. The lowest BCUT2D eigenvalue weighted by Crippen LogP contribution is -2.04. The van der Waals surface area contributed by atoms with Gasteiger partial charge >= 0.3 is 0 Å². The predicted molar refractivity (Wildman–Crippen MR) is 52.7 cm³/mol. The molecule has 0 bridgehead atoms. The van der Waals surface area contributed by atoms with Gasteiger partial charge in [0.15, 0.2) is 0 Å². The monoisotopic (exact) mass is 247 g/mol. The van der Waals surface area contributed by atoms with Crippen molar-refractivity contribution >= 4 is 15.9 Å². The molecule has 1 rings (SSSR count). The third-order valence-corrected chi connectivity index (χ3v) is 2.70. The van der Waals surface area contributed by atoms with Gasteiger partial charge in [0.25, 0.3) is 0 Å². The highest BCUT2D eigenvalue weighted by molar-refractivity contribution is 9.10. The molecule has 0 aliphatic heterocycles. The predicted octanol–water partition coefficient (Wildman–Crippen LogP) is 2.33. The van der Waals surface area contributed by atoms with E-state index in [4.69, 9.17) is 5.90 Å². The molecule has 2 N–H and O–H groups in total.